The lowest BCUT2D eigenvalue weighted by atomic mass is 9.89. The van der Waals surface area contributed by atoms with Crippen molar-refractivity contribution >= 4 is 24.2 Å². The van der Waals surface area contributed by atoms with Crippen molar-refractivity contribution in [2.45, 2.75) is 32.6 Å². The molecule has 1 fully saturated rings. The standard InChI is InChI=1S/C19H29N3O2.ClH/c1-3-21(4-2)18(23)10-11-19(24)22-13-16(12-20)17(14-22)15-8-6-5-7-9-15;/h5-9,16-17H,3-4,10-14,20H2,1-2H3;1H/t16-,17+;/m1./s1. The predicted octanol–water partition coefficient (Wildman–Crippen LogP) is 2.26. The van der Waals surface area contributed by atoms with Crippen LogP contribution in [0.25, 0.3) is 0 Å². The van der Waals surface area contributed by atoms with Gasteiger partial charge in [-0.2, -0.15) is 0 Å². The molecule has 0 radical (unpaired) electrons. The molecule has 2 atom stereocenters. The number of amides is 2. The summed E-state index contributed by atoms with van der Waals surface area (Å²) in [6.45, 7) is 7.26. The number of hydrogen-bond donors (Lipinski definition) is 1. The highest BCUT2D eigenvalue weighted by Crippen LogP contribution is 2.32. The molecule has 1 aliphatic rings. The molecule has 1 aromatic carbocycles. The van der Waals surface area contributed by atoms with Gasteiger partial charge in [0.15, 0.2) is 0 Å². The van der Waals surface area contributed by atoms with Gasteiger partial charge < -0.3 is 15.5 Å². The van der Waals surface area contributed by atoms with Gasteiger partial charge in [0.1, 0.15) is 0 Å². The van der Waals surface area contributed by atoms with Gasteiger partial charge in [0, 0.05) is 44.9 Å². The van der Waals surface area contributed by atoms with E-state index in [1.54, 1.807) is 4.90 Å². The number of carbonyl (C=O) groups excluding carboxylic acids is 2. The number of benzene rings is 1. The molecule has 1 aromatic rings. The maximum atomic E-state index is 12.5. The Balaban J connectivity index is 0.00000312. The first-order valence-electron chi connectivity index (χ1n) is 8.91. The first kappa shape index (κ1) is 21.5. The van der Waals surface area contributed by atoms with Crippen molar-refractivity contribution in [3.8, 4) is 0 Å². The van der Waals surface area contributed by atoms with E-state index in [1.807, 2.05) is 36.9 Å². The van der Waals surface area contributed by atoms with E-state index < -0.39 is 0 Å². The van der Waals surface area contributed by atoms with Crippen LogP contribution in [0, 0.1) is 5.92 Å². The number of hydrogen-bond acceptors (Lipinski definition) is 3. The van der Waals surface area contributed by atoms with Gasteiger partial charge in [0.25, 0.3) is 0 Å². The van der Waals surface area contributed by atoms with Gasteiger partial charge in [-0.1, -0.05) is 30.3 Å². The summed E-state index contributed by atoms with van der Waals surface area (Å²) in [5.74, 6) is 0.698. The molecule has 1 saturated heterocycles. The SMILES string of the molecule is CCN(CC)C(=O)CCC(=O)N1C[C@@H](CN)[C@H](c2ccccc2)C1.Cl. The molecule has 0 spiro atoms. The monoisotopic (exact) mass is 367 g/mol. The number of halogens is 1. The number of rotatable bonds is 7. The van der Waals surface area contributed by atoms with Crippen LogP contribution in [-0.4, -0.2) is 54.3 Å². The first-order chi connectivity index (χ1) is 11.6. The molecule has 5 nitrogen and oxygen atoms in total. The van der Waals surface area contributed by atoms with Crippen LogP contribution in [0.1, 0.15) is 38.2 Å². The fourth-order valence-corrected chi connectivity index (χ4v) is 3.50. The van der Waals surface area contributed by atoms with E-state index in [-0.39, 0.29) is 36.6 Å². The van der Waals surface area contributed by atoms with Crippen molar-refractivity contribution in [1.29, 1.82) is 0 Å². The van der Waals surface area contributed by atoms with Crippen molar-refractivity contribution in [3.63, 3.8) is 0 Å². The van der Waals surface area contributed by atoms with Crippen LogP contribution < -0.4 is 5.73 Å². The van der Waals surface area contributed by atoms with E-state index in [0.717, 1.165) is 0 Å². The Morgan fingerprint density at radius 3 is 2.32 bits per heavy atom. The van der Waals surface area contributed by atoms with Crippen molar-refractivity contribution in [1.82, 2.24) is 9.80 Å². The molecule has 2 rings (SSSR count). The van der Waals surface area contributed by atoms with E-state index in [9.17, 15) is 9.59 Å². The second kappa shape index (κ2) is 10.4. The van der Waals surface area contributed by atoms with Crippen LogP contribution in [0.3, 0.4) is 0 Å². The van der Waals surface area contributed by atoms with Gasteiger partial charge in [-0.25, -0.2) is 0 Å². The number of carbonyl (C=O) groups is 2. The maximum Gasteiger partial charge on any atom is 0.223 e. The van der Waals surface area contributed by atoms with Gasteiger partial charge >= 0.3 is 0 Å². The van der Waals surface area contributed by atoms with E-state index in [0.29, 0.717) is 45.1 Å². The molecule has 2 amide bonds. The Morgan fingerprint density at radius 2 is 1.76 bits per heavy atom. The fourth-order valence-electron chi connectivity index (χ4n) is 3.50. The van der Waals surface area contributed by atoms with Crippen molar-refractivity contribution in [2.24, 2.45) is 11.7 Å². The third-order valence-corrected chi connectivity index (χ3v) is 4.99. The minimum absolute atomic E-state index is 0. The highest BCUT2D eigenvalue weighted by Gasteiger charge is 2.35. The third-order valence-electron chi connectivity index (χ3n) is 4.99. The first-order valence-corrected chi connectivity index (χ1v) is 8.91. The van der Waals surface area contributed by atoms with Gasteiger partial charge in [0.05, 0.1) is 0 Å². The summed E-state index contributed by atoms with van der Waals surface area (Å²) < 4.78 is 0. The summed E-state index contributed by atoms with van der Waals surface area (Å²) in [5.41, 5.74) is 7.16. The minimum Gasteiger partial charge on any atom is -0.343 e. The zero-order valence-electron chi connectivity index (χ0n) is 15.2. The van der Waals surface area contributed by atoms with Crippen LogP contribution in [0.4, 0.5) is 0 Å². The van der Waals surface area contributed by atoms with Crippen molar-refractivity contribution in [2.75, 3.05) is 32.7 Å². The van der Waals surface area contributed by atoms with Gasteiger partial charge in [-0.3, -0.25) is 9.59 Å². The molecule has 2 N–H and O–H groups in total. The van der Waals surface area contributed by atoms with Crippen LogP contribution in [0.5, 0.6) is 0 Å². The Morgan fingerprint density at radius 1 is 1.12 bits per heavy atom. The third kappa shape index (κ3) is 5.44. The largest absolute Gasteiger partial charge is 0.343 e. The Bertz CT molecular complexity index is 549. The van der Waals surface area contributed by atoms with E-state index in [2.05, 4.69) is 12.1 Å². The predicted molar refractivity (Wildman–Crippen MR) is 103 cm³/mol. The van der Waals surface area contributed by atoms with E-state index >= 15 is 0 Å². The molecule has 6 heteroatoms. The molecule has 25 heavy (non-hydrogen) atoms. The van der Waals surface area contributed by atoms with Crippen LogP contribution >= 0.6 is 12.4 Å². The molecule has 1 aliphatic heterocycles. The maximum absolute atomic E-state index is 12.5. The van der Waals surface area contributed by atoms with E-state index in [1.165, 1.54) is 5.56 Å². The van der Waals surface area contributed by atoms with Gasteiger partial charge in [0.2, 0.25) is 11.8 Å². The average Bonchev–Trinajstić information content (AvgIpc) is 3.06. The minimum atomic E-state index is 0. The number of nitrogens with zero attached hydrogens (tertiary/aromatic N) is 2. The molecule has 0 aliphatic carbocycles. The molecular formula is C19H30ClN3O2. The number of nitrogens with two attached hydrogens (primary N) is 1. The lowest BCUT2D eigenvalue weighted by Gasteiger charge is -2.20. The Labute approximate surface area is 157 Å². The molecule has 1 heterocycles. The summed E-state index contributed by atoms with van der Waals surface area (Å²) in [5, 5.41) is 0. The molecular weight excluding hydrogens is 338 g/mol. The summed E-state index contributed by atoms with van der Waals surface area (Å²) in [6.07, 6.45) is 0.578. The Kier molecular flexibility index (Phi) is 8.93. The zero-order valence-corrected chi connectivity index (χ0v) is 16.0. The quantitative estimate of drug-likeness (QED) is 0.803. The van der Waals surface area contributed by atoms with Gasteiger partial charge in [-0.05, 0) is 31.9 Å². The topological polar surface area (TPSA) is 66.6 Å². The normalized spacial score (nSPS) is 19.4. The molecule has 140 valence electrons. The van der Waals surface area contributed by atoms with E-state index in [4.69, 9.17) is 5.73 Å². The Hall–Kier alpha value is -1.59. The smallest absolute Gasteiger partial charge is 0.223 e. The molecule has 0 bridgehead atoms. The highest BCUT2D eigenvalue weighted by molar-refractivity contribution is 5.85. The summed E-state index contributed by atoms with van der Waals surface area (Å²) in [4.78, 5) is 28.2. The summed E-state index contributed by atoms with van der Waals surface area (Å²) in [6, 6.07) is 10.3. The second-order valence-electron chi connectivity index (χ2n) is 6.38. The van der Waals surface area contributed by atoms with Crippen molar-refractivity contribution < 1.29 is 9.59 Å². The highest BCUT2D eigenvalue weighted by atomic mass is 35.5. The lowest BCUT2D eigenvalue weighted by Crippen LogP contribution is -2.33. The van der Waals surface area contributed by atoms with Crippen LogP contribution in [0.15, 0.2) is 30.3 Å². The van der Waals surface area contributed by atoms with Crippen LogP contribution in [-0.2, 0) is 9.59 Å². The van der Waals surface area contributed by atoms with Crippen LogP contribution in [0.2, 0.25) is 0 Å². The molecule has 0 saturated carbocycles. The van der Waals surface area contributed by atoms with Gasteiger partial charge in [-0.15, -0.1) is 12.4 Å². The number of likely N-dealkylation sites (tertiary alicyclic amines) is 1. The second-order valence-corrected chi connectivity index (χ2v) is 6.38. The fraction of sp³-hybridized carbons (Fsp3) is 0.579. The van der Waals surface area contributed by atoms with Crippen molar-refractivity contribution in [3.05, 3.63) is 35.9 Å². The molecule has 0 unspecified atom stereocenters. The average molecular weight is 368 g/mol. The lowest BCUT2D eigenvalue weighted by molar-refractivity contribution is -0.136. The zero-order chi connectivity index (χ0) is 17.5. The molecule has 0 aromatic heterocycles. The summed E-state index contributed by atoms with van der Waals surface area (Å²) >= 11 is 0. The summed E-state index contributed by atoms with van der Waals surface area (Å²) in [7, 11) is 0.